The van der Waals surface area contributed by atoms with E-state index in [-0.39, 0.29) is 11.1 Å². The summed E-state index contributed by atoms with van der Waals surface area (Å²) < 4.78 is 38.2. The van der Waals surface area contributed by atoms with Crippen LogP contribution in [0.15, 0.2) is 18.2 Å². The van der Waals surface area contributed by atoms with Crippen molar-refractivity contribution in [1.29, 1.82) is 0 Å². The minimum Gasteiger partial charge on any atom is -0.385 e. The fourth-order valence-corrected chi connectivity index (χ4v) is 1.34. The lowest BCUT2D eigenvalue weighted by molar-refractivity contribution is -0.136. The zero-order valence-corrected chi connectivity index (χ0v) is 10.5. The summed E-state index contributed by atoms with van der Waals surface area (Å²) in [6.07, 6.45) is -4.50. The van der Waals surface area contributed by atoms with Gasteiger partial charge in [-0.25, -0.2) is 4.85 Å². The predicted molar refractivity (Wildman–Crippen MR) is 65.7 cm³/mol. The molecule has 0 saturated heterocycles. The molecule has 1 rings (SSSR count). The molecule has 0 aliphatic heterocycles. The van der Waals surface area contributed by atoms with Crippen molar-refractivity contribution in [3.63, 3.8) is 0 Å². The Hall–Kier alpha value is -1.70. The summed E-state index contributed by atoms with van der Waals surface area (Å²) >= 11 is 0. The van der Waals surface area contributed by atoms with E-state index >= 15 is 0 Å². The summed E-state index contributed by atoms with van der Waals surface area (Å²) in [4.78, 5) is 2.89. The summed E-state index contributed by atoms with van der Waals surface area (Å²) in [7, 11) is 0. The highest BCUT2D eigenvalue weighted by molar-refractivity contribution is 5.61. The number of nitrogens with zero attached hydrogens (tertiary/aromatic N) is 1. The topological polar surface area (TPSA) is 16.4 Å². The Morgan fingerprint density at radius 3 is 2.28 bits per heavy atom. The minimum absolute atomic E-state index is 0.0309. The van der Waals surface area contributed by atoms with Gasteiger partial charge in [-0.05, 0) is 17.5 Å². The average Bonchev–Trinajstić information content (AvgIpc) is 2.24. The van der Waals surface area contributed by atoms with Crippen LogP contribution in [-0.4, -0.2) is 6.54 Å². The first-order valence-corrected chi connectivity index (χ1v) is 5.46. The van der Waals surface area contributed by atoms with Gasteiger partial charge >= 0.3 is 6.18 Å². The van der Waals surface area contributed by atoms with Crippen LogP contribution >= 0.6 is 0 Å². The number of rotatable bonds is 2. The second-order valence-electron chi connectivity index (χ2n) is 5.26. The molecule has 0 amide bonds. The van der Waals surface area contributed by atoms with Gasteiger partial charge in [0, 0.05) is 12.2 Å². The van der Waals surface area contributed by atoms with Gasteiger partial charge in [0.15, 0.2) is 5.69 Å². The number of benzene rings is 1. The van der Waals surface area contributed by atoms with Gasteiger partial charge in [0.05, 0.1) is 12.1 Å². The van der Waals surface area contributed by atoms with Crippen LogP contribution < -0.4 is 5.32 Å². The quantitative estimate of drug-likeness (QED) is 0.758. The maximum Gasteiger partial charge on any atom is 0.407 e. The van der Waals surface area contributed by atoms with Crippen molar-refractivity contribution in [3.8, 4) is 0 Å². The monoisotopic (exact) mass is 256 g/mol. The van der Waals surface area contributed by atoms with Crippen LogP contribution in [-0.2, 0) is 6.18 Å². The molecule has 0 aliphatic carbocycles. The molecule has 1 aromatic carbocycles. The first kappa shape index (κ1) is 14.4. The largest absolute Gasteiger partial charge is 0.407 e. The van der Waals surface area contributed by atoms with Crippen LogP contribution in [0.2, 0.25) is 0 Å². The van der Waals surface area contributed by atoms with Crippen LogP contribution in [0.1, 0.15) is 26.3 Å². The molecule has 0 fully saturated rings. The molecule has 0 aromatic heterocycles. The lowest BCUT2D eigenvalue weighted by Gasteiger charge is -2.20. The average molecular weight is 256 g/mol. The van der Waals surface area contributed by atoms with Gasteiger partial charge in [0.1, 0.15) is 0 Å². The van der Waals surface area contributed by atoms with Gasteiger partial charge < -0.3 is 5.32 Å². The van der Waals surface area contributed by atoms with Gasteiger partial charge in [0.2, 0.25) is 0 Å². The maximum absolute atomic E-state index is 12.7. The molecule has 0 bridgehead atoms. The van der Waals surface area contributed by atoms with Gasteiger partial charge in [0.25, 0.3) is 0 Å². The van der Waals surface area contributed by atoms with Gasteiger partial charge in [-0.1, -0.05) is 26.8 Å². The van der Waals surface area contributed by atoms with Crippen LogP contribution in [0.5, 0.6) is 0 Å². The number of nitrogens with one attached hydrogen (secondary N) is 1. The molecule has 98 valence electrons. The molecule has 0 heterocycles. The van der Waals surface area contributed by atoms with Crippen molar-refractivity contribution in [2.75, 3.05) is 11.9 Å². The van der Waals surface area contributed by atoms with E-state index in [2.05, 4.69) is 10.2 Å². The normalized spacial score (nSPS) is 12.1. The highest BCUT2D eigenvalue weighted by Crippen LogP contribution is 2.38. The van der Waals surface area contributed by atoms with E-state index < -0.39 is 11.7 Å². The number of hydrogen-bond donors (Lipinski definition) is 1. The van der Waals surface area contributed by atoms with E-state index in [1.165, 1.54) is 12.1 Å². The van der Waals surface area contributed by atoms with Crippen molar-refractivity contribution in [3.05, 3.63) is 35.2 Å². The van der Waals surface area contributed by atoms with Gasteiger partial charge in [-0.3, -0.25) is 0 Å². The summed E-state index contributed by atoms with van der Waals surface area (Å²) in [6, 6.07) is 3.67. The van der Waals surface area contributed by atoms with E-state index in [0.717, 1.165) is 6.07 Å². The Kier molecular flexibility index (Phi) is 3.90. The SMILES string of the molecule is [C-]#[N+]c1ccc(NCC(C)(C)C)cc1C(F)(F)F. The summed E-state index contributed by atoms with van der Waals surface area (Å²) in [5, 5.41) is 2.95. The van der Waals surface area contributed by atoms with Crippen molar-refractivity contribution < 1.29 is 13.2 Å². The van der Waals surface area contributed by atoms with Crippen LogP contribution in [0.4, 0.5) is 24.5 Å². The van der Waals surface area contributed by atoms with Crippen LogP contribution in [0.25, 0.3) is 4.85 Å². The second-order valence-corrected chi connectivity index (χ2v) is 5.26. The molecule has 0 radical (unpaired) electrons. The molecule has 0 saturated carbocycles. The predicted octanol–water partition coefficient (Wildman–Crippen LogP) is 4.71. The Morgan fingerprint density at radius 1 is 1.22 bits per heavy atom. The molecular weight excluding hydrogens is 241 g/mol. The summed E-state index contributed by atoms with van der Waals surface area (Å²) in [5.74, 6) is 0. The smallest absolute Gasteiger partial charge is 0.385 e. The van der Waals surface area contributed by atoms with Crippen molar-refractivity contribution in [1.82, 2.24) is 0 Å². The lowest BCUT2D eigenvalue weighted by Crippen LogP contribution is -2.19. The molecule has 0 aliphatic rings. The van der Waals surface area contributed by atoms with E-state index in [1.54, 1.807) is 0 Å². The summed E-state index contributed by atoms with van der Waals surface area (Å²) in [6.45, 7) is 13.3. The third-order valence-corrected chi connectivity index (χ3v) is 2.25. The highest BCUT2D eigenvalue weighted by atomic mass is 19.4. The molecule has 0 spiro atoms. The zero-order valence-electron chi connectivity index (χ0n) is 10.5. The Bertz CT molecular complexity index is 465. The summed E-state index contributed by atoms with van der Waals surface area (Å²) in [5.41, 5.74) is -0.915. The van der Waals surface area contributed by atoms with Gasteiger partial charge in [-0.15, -0.1) is 0 Å². The molecule has 18 heavy (non-hydrogen) atoms. The van der Waals surface area contributed by atoms with Crippen molar-refractivity contribution in [2.45, 2.75) is 26.9 Å². The Morgan fingerprint density at radius 2 is 1.83 bits per heavy atom. The van der Waals surface area contributed by atoms with Crippen molar-refractivity contribution >= 4 is 11.4 Å². The fourth-order valence-electron chi connectivity index (χ4n) is 1.34. The molecule has 5 heteroatoms. The molecular formula is C13H15F3N2. The maximum atomic E-state index is 12.7. The number of alkyl halides is 3. The molecule has 1 N–H and O–H groups in total. The Labute approximate surface area is 105 Å². The second kappa shape index (κ2) is 4.89. The molecule has 0 atom stereocenters. The third-order valence-electron chi connectivity index (χ3n) is 2.25. The standard InChI is InChI=1S/C13H15F3N2/c1-12(2,3)8-18-9-5-6-11(17-4)10(7-9)13(14,15)16/h5-7,18H,8H2,1-3H3. The zero-order chi connectivity index (χ0) is 14.0. The van der Waals surface area contributed by atoms with E-state index in [4.69, 9.17) is 6.57 Å². The fraction of sp³-hybridized carbons (Fsp3) is 0.462. The first-order chi connectivity index (χ1) is 8.13. The third kappa shape index (κ3) is 3.95. The van der Waals surface area contributed by atoms with Gasteiger partial charge in [-0.2, -0.15) is 13.2 Å². The number of halogens is 3. The van der Waals surface area contributed by atoms with Crippen LogP contribution in [0, 0.1) is 12.0 Å². The van der Waals surface area contributed by atoms with E-state index in [1.807, 2.05) is 20.8 Å². The van der Waals surface area contributed by atoms with E-state index in [9.17, 15) is 13.2 Å². The first-order valence-electron chi connectivity index (χ1n) is 5.46. The van der Waals surface area contributed by atoms with Crippen LogP contribution in [0.3, 0.4) is 0 Å². The molecule has 2 nitrogen and oxygen atoms in total. The lowest BCUT2D eigenvalue weighted by atomic mass is 9.97. The van der Waals surface area contributed by atoms with Crippen molar-refractivity contribution in [2.24, 2.45) is 5.41 Å². The Balaban J connectivity index is 3.02. The highest BCUT2D eigenvalue weighted by Gasteiger charge is 2.33. The van der Waals surface area contributed by atoms with E-state index in [0.29, 0.717) is 12.2 Å². The number of hydrogen-bond acceptors (Lipinski definition) is 1. The number of anilines is 1. The molecule has 0 unspecified atom stereocenters. The molecule has 1 aromatic rings. The minimum atomic E-state index is -4.50.